The van der Waals surface area contributed by atoms with Gasteiger partial charge in [-0.15, -0.1) is 0 Å². The van der Waals surface area contributed by atoms with Gasteiger partial charge >= 0.3 is 12.0 Å². The van der Waals surface area contributed by atoms with Gasteiger partial charge in [-0.25, -0.2) is 20.0 Å². The summed E-state index contributed by atoms with van der Waals surface area (Å²) in [6.07, 6.45) is 5.33. The minimum absolute atomic E-state index is 0.147. The van der Waals surface area contributed by atoms with Crippen LogP contribution in [0.15, 0.2) is 24.3 Å². The van der Waals surface area contributed by atoms with E-state index in [4.69, 9.17) is 4.74 Å². The number of nitrogens with one attached hydrogen (secondary N) is 2. The van der Waals surface area contributed by atoms with Crippen LogP contribution in [-0.2, 0) is 4.74 Å². The molecule has 0 bridgehead atoms. The molecule has 1 heterocycles. The summed E-state index contributed by atoms with van der Waals surface area (Å²) in [7, 11) is 0. The van der Waals surface area contributed by atoms with E-state index in [-0.39, 0.29) is 17.7 Å². The van der Waals surface area contributed by atoms with Crippen molar-refractivity contribution in [2.45, 2.75) is 44.7 Å². The lowest BCUT2D eigenvalue weighted by molar-refractivity contribution is 0.0526. The number of nitrogens with zero attached hydrogens (tertiary/aromatic N) is 1. The predicted octanol–water partition coefficient (Wildman–Crippen LogP) is 2.56. The van der Waals surface area contributed by atoms with Gasteiger partial charge in [0.15, 0.2) is 0 Å². The van der Waals surface area contributed by atoms with Crippen LogP contribution >= 0.6 is 0 Å². The maximum Gasteiger partial charge on any atom is 0.338 e. The molecule has 6 heteroatoms. The molecule has 1 saturated heterocycles. The highest BCUT2D eigenvalue weighted by Gasteiger charge is 2.43. The van der Waals surface area contributed by atoms with Crippen LogP contribution in [0.1, 0.15) is 49.4 Å². The number of rotatable bonds is 3. The highest BCUT2D eigenvalue weighted by atomic mass is 16.5. The summed E-state index contributed by atoms with van der Waals surface area (Å²) in [6, 6.07) is 6.70. The number of ether oxygens (including phenoxy) is 1. The average Bonchev–Trinajstić information content (AvgIpc) is 2.84. The van der Waals surface area contributed by atoms with E-state index >= 15 is 0 Å². The molecule has 1 aliphatic carbocycles. The second kappa shape index (κ2) is 5.96. The van der Waals surface area contributed by atoms with Crippen molar-refractivity contribution in [2.75, 3.05) is 11.6 Å². The molecule has 0 radical (unpaired) electrons. The monoisotopic (exact) mass is 303 g/mol. The molecular formula is C16H21N3O3. The summed E-state index contributed by atoms with van der Waals surface area (Å²) in [5.41, 5.74) is 4.19. The van der Waals surface area contributed by atoms with Gasteiger partial charge in [0.05, 0.1) is 17.9 Å². The Balaban J connectivity index is 1.74. The summed E-state index contributed by atoms with van der Waals surface area (Å²) >= 11 is 0. The molecule has 1 aliphatic heterocycles. The average molecular weight is 303 g/mol. The van der Waals surface area contributed by atoms with Crippen molar-refractivity contribution < 1.29 is 14.3 Å². The van der Waals surface area contributed by atoms with Gasteiger partial charge in [-0.05, 0) is 56.9 Å². The zero-order valence-electron chi connectivity index (χ0n) is 12.7. The molecule has 0 aromatic heterocycles. The van der Waals surface area contributed by atoms with E-state index in [1.807, 2.05) is 0 Å². The lowest BCUT2D eigenvalue weighted by Crippen LogP contribution is -2.52. The molecule has 0 atom stereocenters. The number of carbonyl (C=O) groups is 2. The topological polar surface area (TPSA) is 70.7 Å². The number of benzene rings is 1. The van der Waals surface area contributed by atoms with Gasteiger partial charge in [-0.3, -0.25) is 0 Å². The van der Waals surface area contributed by atoms with E-state index in [9.17, 15) is 9.59 Å². The Bertz CT molecular complexity index is 565. The first-order valence-electron chi connectivity index (χ1n) is 7.81. The van der Waals surface area contributed by atoms with Gasteiger partial charge in [0.25, 0.3) is 0 Å². The Hall–Kier alpha value is -2.08. The van der Waals surface area contributed by atoms with Gasteiger partial charge in [-0.1, -0.05) is 6.42 Å². The van der Waals surface area contributed by atoms with E-state index in [2.05, 4.69) is 10.7 Å². The number of esters is 1. The largest absolute Gasteiger partial charge is 0.462 e. The number of amides is 2. The Morgan fingerprint density at radius 2 is 1.91 bits per heavy atom. The molecule has 3 rings (SSSR count). The molecule has 1 spiro atoms. The third-order valence-electron chi connectivity index (χ3n) is 4.22. The van der Waals surface area contributed by atoms with Gasteiger partial charge < -0.3 is 10.1 Å². The van der Waals surface area contributed by atoms with Crippen LogP contribution < -0.4 is 15.8 Å². The second-order valence-electron chi connectivity index (χ2n) is 5.79. The number of anilines is 1. The maximum absolute atomic E-state index is 12.2. The number of hydrogen-bond donors (Lipinski definition) is 2. The van der Waals surface area contributed by atoms with Crippen LogP contribution in [0.4, 0.5) is 10.5 Å². The predicted molar refractivity (Wildman–Crippen MR) is 82.4 cm³/mol. The van der Waals surface area contributed by atoms with Crippen LogP contribution in [0.3, 0.4) is 0 Å². The van der Waals surface area contributed by atoms with Crippen LogP contribution in [0.5, 0.6) is 0 Å². The molecule has 1 saturated carbocycles. The zero-order valence-corrected chi connectivity index (χ0v) is 12.7. The third kappa shape index (κ3) is 2.78. The summed E-state index contributed by atoms with van der Waals surface area (Å²) in [6.45, 7) is 2.12. The van der Waals surface area contributed by atoms with E-state index in [0.29, 0.717) is 17.9 Å². The normalized spacial score (nSPS) is 20.0. The molecule has 1 aromatic carbocycles. The number of carbonyl (C=O) groups excluding carboxylic acids is 2. The number of urea groups is 1. The van der Waals surface area contributed by atoms with Gasteiger partial charge in [-0.2, -0.15) is 0 Å². The quantitative estimate of drug-likeness (QED) is 0.842. The first-order chi connectivity index (χ1) is 10.6. The van der Waals surface area contributed by atoms with Crippen molar-refractivity contribution in [2.24, 2.45) is 0 Å². The Morgan fingerprint density at radius 3 is 2.55 bits per heavy atom. The number of hydrazine groups is 1. The van der Waals surface area contributed by atoms with Crippen molar-refractivity contribution in [1.82, 2.24) is 10.7 Å². The zero-order chi connectivity index (χ0) is 15.6. The van der Waals surface area contributed by atoms with Crippen LogP contribution in [0.2, 0.25) is 0 Å². The Kier molecular flexibility index (Phi) is 4.02. The fourth-order valence-corrected chi connectivity index (χ4v) is 3.09. The lowest BCUT2D eigenvalue weighted by atomic mass is 9.90. The summed E-state index contributed by atoms with van der Waals surface area (Å²) in [5, 5.41) is 4.59. The molecule has 118 valence electrons. The van der Waals surface area contributed by atoms with Crippen molar-refractivity contribution in [3.8, 4) is 0 Å². The van der Waals surface area contributed by atoms with E-state index in [1.54, 1.807) is 31.2 Å². The highest BCUT2D eigenvalue weighted by Crippen LogP contribution is 2.31. The number of hydrogen-bond acceptors (Lipinski definition) is 4. The van der Waals surface area contributed by atoms with Crippen molar-refractivity contribution in [3.05, 3.63) is 29.8 Å². The highest BCUT2D eigenvalue weighted by molar-refractivity contribution is 5.95. The maximum atomic E-state index is 12.2. The molecule has 6 nitrogen and oxygen atoms in total. The van der Waals surface area contributed by atoms with E-state index < -0.39 is 0 Å². The second-order valence-corrected chi connectivity index (χ2v) is 5.79. The van der Waals surface area contributed by atoms with Gasteiger partial charge in [0.1, 0.15) is 5.66 Å². The molecule has 2 N–H and O–H groups in total. The van der Waals surface area contributed by atoms with Crippen molar-refractivity contribution in [1.29, 1.82) is 0 Å². The fourth-order valence-electron chi connectivity index (χ4n) is 3.09. The van der Waals surface area contributed by atoms with Crippen LogP contribution in [-0.4, -0.2) is 24.3 Å². The SMILES string of the molecule is CCOC(=O)c1ccc(N2NC3(CCCCC3)NC2=O)cc1. The summed E-state index contributed by atoms with van der Waals surface area (Å²) < 4.78 is 4.96. The smallest absolute Gasteiger partial charge is 0.338 e. The first kappa shape index (κ1) is 14.8. The Morgan fingerprint density at radius 1 is 1.23 bits per heavy atom. The molecule has 2 fully saturated rings. The van der Waals surface area contributed by atoms with E-state index in [0.717, 1.165) is 25.7 Å². The molecular weight excluding hydrogens is 282 g/mol. The van der Waals surface area contributed by atoms with Gasteiger partial charge in [0.2, 0.25) is 0 Å². The standard InChI is InChI=1S/C16H21N3O3/c1-2-22-14(20)12-6-8-13(9-7-12)19-15(21)17-16(18-19)10-4-3-5-11-16/h6-9,18H,2-5,10-11H2,1H3,(H,17,21). The van der Waals surface area contributed by atoms with Crippen molar-refractivity contribution in [3.63, 3.8) is 0 Å². The van der Waals surface area contributed by atoms with E-state index in [1.165, 1.54) is 11.4 Å². The minimum atomic E-state index is -0.350. The minimum Gasteiger partial charge on any atom is -0.462 e. The van der Waals surface area contributed by atoms with Crippen LogP contribution in [0.25, 0.3) is 0 Å². The van der Waals surface area contributed by atoms with Crippen LogP contribution in [0, 0.1) is 0 Å². The Labute approximate surface area is 129 Å². The summed E-state index contributed by atoms with van der Waals surface area (Å²) in [5.74, 6) is -0.350. The van der Waals surface area contributed by atoms with Gasteiger partial charge in [0, 0.05) is 0 Å². The molecule has 0 unspecified atom stereocenters. The third-order valence-corrected chi connectivity index (χ3v) is 4.22. The molecule has 22 heavy (non-hydrogen) atoms. The summed E-state index contributed by atoms with van der Waals surface area (Å²) in [4.78, 5) is 23.9. The first-order valence-corrected chi connectivity index (χ1v) is 7.81. The molecule has 2 aliphatic rings. The fraction of sp³-hybridized carbons (Fsp3) is 0.500. The van der Waals surface area contributed by atoms with Crippen molar-refractivity contribution >= 4 is 17.7 Å². The molecule has 2 amide bonds. The molecule has 1 aromatic rings. The lowest BCUT2D eigenvalue weighted by Gasteiger charge is -2.33.